The molecule has 1 fully saturated rings. The molecule has 1 aromatic rings. The van der Waals surface area contributed by atoms with Crippen molar-refractivity contribution in [2.45, 2.75) is 52.5 Å². The first-order valence-corrected chi connectivity index (χ1v) is 7.12. The van der Waals surface area contributed by atoms with E-state index in [1.807, 2.05) is 11.7 Å². The Balaban J connectivity index is 2.22. The fraction of sp³-hybridized carbons (Fsp3) is 0.786. The second-order valence-corrected chi connectivity index (χ2v) is 5.77. The molecule has 102 valence electrons. The molecule has 0 aromatic carbocycles. The first-order chi connectivity index (χ1) is 8.54. The number of hydrogen-bond acceptors (Lipinski definition) is 3. The normalized spacial score (nSPS) is 15.4. The minimum atomic E-state index is 0.686. The predicted molar refractivity (Wildman–Crippen MR) is 76.8 cm³/mol. The second kappa shape index (κ2) is 5.21. The van der Waals surface area contributed by atoms with E-state index in [2.05, 4.69) is 30.8 Å². The van der Waals surface area contributed by atoms with Gasteiger partial charge in [0, 0.05) is 19.6 Å². The molecule has 0 unspecified atom stereocenters. The SMILES string of the molecule is CCc1nn(C)c(N(CCC(C)C)C2CC2)c1N. The van der Waals surface area contributed by atoms with Crippen molar-refractivity contribution in [2.75, 3.05) is 17.2 Å². The minimum absolute atomic E-state index is 0.686. The lowest BCUT2D eigenvalue weighted by Gasteiger charge is -2.26. The summed E-state index contributed by atoms with van der Waals surface area (Å²) in [6, 6.07) is 0.686. The zero-order chi connectivity index (χ0) is 13.3. The third-order valence-electron chi connectivity index (χ3n) is 3.67. The fourth-order valence-electron chi connectivity index (χ4n) is 2.43. The van der Waals surface area contributed by atoms with Gasteiger partial charge in [-0.3, -0.25) is 4.68 Å². The highest BCUT2D eigenvalue weighted by atomic mass is 15.4. The molecule has 1 aromatic heterocycles. The highest BCUT2D eigenvalue weighted by Crippen LogP contribution is 2.36. The van der Waals surface area contributed by atoms with Crippen LogP contribution in [0.4, 0.5) is 11.5 Å². The second-order valence-electron chi connectivity index (χ2n) is 5.77. The van der Waals surface area contributed by atoms with Gasteiger partial charge in [0.1, 0.15) is 0 Å². The van der Waals surface area contributed by atoms with Gasteiger partial charge in [0.05, 0.1) is 11.4 Å². The summed E-state index contributed by atoms with van der Waals surface area (Å²) in [5.41, 5.74) is 8.18. The van der Waals surface area contributed by atoms with Gasteiger partial charge in [0.15, 0.2) is 5.82 Å². The predicted octanol–water partition coefficient (Wildman–Crippen LogP) is 2.58. The summed E-state index contributed by atoms with van der Waals surface area (Å²) >= 11 is 0. The van der Waals surface area contributed by atoms with Crippen LogP contribution >= 0.6 is 0 Å². The molecule has 1 heterocycles. The summed E-state index contributed by atoms with van der Waals surface area (Å²) in [4.78, 5) is 2.47. The van der Waals surface area contributed by atoms with Crippen molar-refractivity contribution < 1.29 is 0 Å². The van der Waals surface area contributed by atoms with Crippen LogP contribution in [0, 0.1) is 5.92 Å². The standard InChI is InChI=1S/C14H26N4/c1-5-12-13(15)14(17(4)16-12)18(11-6-7-11)9-8-10(2)3/h10-11H,5-9,15H2,1-4H3. The summed E-state index contributed by atoms with van der Waals surface area (Å²) in [6.07, 6.45) is 4.71. The number of aryl methyl sites for hydroxylation is 2. The Bertz CT molecular complexity index is 404. The monoisotopic (exact) mass is 250 g/mol. The first-order valence-electron chi connectivity index (χ1n) is 7.12. The van der Waals surface area contributed by atoms with Crippen LogP contribution in [0.3, 0.4) is 0 Å². The quantitative estimate of drug-likeness (QED) is 0.844. The highest BCUT2D eigenvalue weighted by molar-refractivity contribution is 5.67. The Morgan fingerprint density at radius 3 is 2.56 bits per heavy atom. The summed E-state index contributed by atoms with van der Waals surface area (Å²) < 4.78 is 1.97. The molecule has 18 heavy (non-hydrogen) atoms. The molecule has 0 spiro atoms. The third-order valence-corrected chi connectivity index (χ3v) is 3.67. The van der Waals surface area contributed by atoms with Crippen LogP contribution in [0.25, 0.3) is 0 Å². The number of rotatable bonds is 6. The summed E-state index contributed by atoms with van der Waals surface area (Å²) in [5.74, 6) is 1.86. The molecule has 4 heteroatoms. The van der Waals surface area contributed by atoms with Crippen LogP contribution in [0.15, 0.2) is 0 Å². The van der Waals surface area contributed by atoms with Gasteiger partial charge in [-0.15, -0.1) is 0 Å². The van der Waals surface area contributed by atoms with Crippen LogP contribution in [0.5, 0.6) is 0 Å². The Hall–Kier alpha value is -1.19. The maximum atomic E-state index is 6.26. The van der Waals surface area contributed by atoms with Crippen molar-refractivity contribution in [1.29, 1.82) is 0 Å². The Kier molecular flexibility index (Phi) is 3.83. The van der Waals surface area contributed by atoms with Crippen molar-refractivity contribution in [3.05, 3.63) is 5.69 Å². The van der Waals surface area contributed by atoms with E-state index in [0.717, 1.165) is 36.1 Å². The molecule has 1 aliphatic rings. The van der Waals surface area contributed by atoms with Crippen LogP contribution in [-0.2, 0) is 13.5 Å². The van der Waals surface area contributed by atoms with Gasteiger partial charge < -0.3 is 10.6 Å². The van der Waals surface area contributed by atoms with E-state index in [4.69, 9.17) is 5.73 Å². The molecule has 0 radical (unpaired) electrons. The molecule has 0 saturated heterocycles. The van der Waals surface area contributed by atoms with E-state index in [-0.39, 0.29) is 0 Å². The number of nitrogen functional groups attached to an aromatic ring is 1. The molecule has 2 N–H and O–H groups in total. The minimum Gasteiger partial charge on any atom is -0.394 e. The van der Waals surface area contributed by atoms with E-state index < -0.39 is 0 Å². The van der Waals surface area contributed by atoms with Crippen LogP contribution in [0.1, 0.15) is 45.7 Å². The van der Waals surface area contributed by atoms with E-state index >= 15 is 0 Å². The maximum absolute atomic E-state index is 6.26. The van der Waals surface area contributed by atoms with Crippen molar-refractivity contribution in [3.63, 3.8) is 0 Å². The summed E-state index contributed by atoms with van der Waals surface area (Å²) in [5, 5.41) is 4.54. The van der Waals surface area contributed by atoms with Gasteiger partial charge in [-0.1, -0.05) is 20.8 Å². The number of hydrogen-bond donors (Lipinski definition) is 1. The van der Waals surface area contributed by atoms with Gasteiger partial charge in [-0.25, -0.2) is 0 Å². The lowest BCUT2D eigenvalue weighted by molar-refractivity contribution is 0.562. The highest BCUT2D eigenvalue weighted by Gasteiger charge is 2.32. The molecule has 0 aliphatic heterocycles. The van der Waals surface area contributed by atoms with Gasteiger partial charge >= 0.3 is 0 Å². The maximum Gasteiger partial charge on any atom is 0.150 e. The lowest BCUT2D eigenvalue weighted by atomic mass is 10.1. The van der Waals surface area contributed by atoms with Crippen molar-refractivity contribution in [2.24, 2.45) is 13.0 Å². The number of nitrogens with zero attached hydrogens (tertiary/aromatic N) is 3. The van der Waals surface area contributed by atoms with E-state index in [0.29, 0.717) is 6.04 Å². The number of nitrogens with two attached hydrogens (primary N) is 1. The molecule has 0 bridgehead atoms. The number of aromatic nitrogens is 2. The molecular weight excluding hydrogens is 224 g/mol. The molecule has 1 saturated carbocycles. The van der Waals surface area contributed by atoms with E-state index in [1.165, 1.54) is 19.3 Å². The van der Waals surface area contributed by atoms with Crippen molar-refractivity contribution >= 4 is 11.5 Å². The first kappa shape index (κ1) is 13.2. The third kappa shape index (κ3) is 2.62. The van der Waals surface area contributed by atoms with Crippen molar-refractivity contribution in [3.8, 4) is 0 Å². The average Bonchev–Trinajstić information content (AvgIpc) is 3.09. The largest absolute Gasteiger partial charge is 0.394 e. The Morgan fingerprint density at radius 1 is 1.44 bits per heavy atom. The van der Waals surface area contributed by atoms with Crippen LogP contribution < -0.4 is 10.6 Å². The molecule has 0 amide bonds. The van der Waals surface area contributed by atoms with E-state index in [1.54, 1.807) is 0 Å². The molecule has 4 nitrogen and oxygen atoms in total. The molecular formula is C14H26N4. The molecule has 2 rings (SSSR count). The van der Waals surface area contributed by atoms with Gasteiger partial charge in [0.25, 0.3) is 0 Å². The smallest absolute Gasteiger partial charge is 0.150 e. The molecule has 1 aliphatic carbocycles. The summed E-state index contributed by atoms with van der Waals surface area (Å²) in [7, 11) is 2.01. The fourth-order valence-corrected chi connectivity index (χ4v) is 2.43. The lowest BCUT2D eigenvalue weighted by Crippen LogP contribution is -2.30. The Morgan fingerprint density at radius 2 is 2.11 bits per heavy atom. The van der Waals surface area contributed by atoms with Crippen LogP contribution in [-0.4, -0.2) is 22.4 Å². The van der Waals surface area contributed by atoms with E-state index in [9.17, 15) is 0 Å². The Labute approximate surface area is 110 Å². The zero-order valence-corrected chi connectivity index (χ0v) is 12.1. The van der Waals surface area contributed by atoms with Gasteiger partial charge in [0.2, 0.25) is 0 Å². The van der Waals surface area contributed by atoms with Crippen molar-refractivity contribution in [1.82, 2.24) is 9.78 Å². The van der Waals surface area contributed by atoms with Crippen LogP contribution in [0.2, 0.25) is 0 Å². The molecule has 0 atom stereocenters. The van der Waals surface area contributed by atoms with Gasteiger partial charge in [-0.2, -0.15) is 5.10 Å². The summed E-state index contributed by atoms with van der Waals surface area (Å²) in [6.45, 7) is 7.75. The topological polar surface area (TPSA) is 47.1 Å². The zero-order valence-electron chi connectivity index (χ0n) is 12.1. The van der Waals surface area contributed by atoms with Gasteiger partial charge in [-0.05, 0) is 31.6 Å². The average molecular weight is 250 g/mol. The number of anilines is 2.